The summed E-state index contributed by atoms with van der Waals surface area (Å²) in [6.45, 7) is 4.01. The van der Waals surface area contributed by atoms with Crippen molar-refractivity contribution in [2.24, 2.45) is 0 Å². The molecule has 0 radical (unpaired) electrons. The number of halogens is 1. The molecule has 3 aromatic rings. The number of hydrogen-bond acceptors (Lipinski definition) is 2. The van der Waals surface area contributed by atoms with Crippen LogP contribution >= 0.6 is 11.6 Å². The van der Waals surface area contributed by atoms with E-state index in [-0.39, 0.29) is 11.8 Å². The van der Waals surface area contributed by atoms with E-state index in [1.807, 2.05) is 31.3 Å². The number of amides is 1. The van der Waals surface area contributed by atoms with Crippen LogP contribution in [-0.4, -0.2) is 15.7 Å². The monoisotopic (exact) mass is 351 g/mol. The average Bonchev–Trinajstić information content (AvgIpc) is 3.01. The number of aryl methyl sites for hydroxylation is 1. The summed E-state index contributed by atoms with van der Waals surface area (Å²) in [6.07, 6.45) is 2.27. The maximum absolute atomic E-state index is 12.3. The van der Waals surface area contributed by atoms with Crippen molar-refractivity contribution < 1.29 is 4.79 Å². The number of hydrogen-bond donors (Lipinski definition) is 1. The van der Waals surface area contributed by atoms with E-state index in [9.17, 15) is 4.79 Å². The summed E-state index contributed by atoms with van der Waals surface area (Å²) in [5.41, 5.74) is 5.17. The molecule has 25 heavy (non-hydrogen) atoms. The van der Waals surface area contributed by atoms with E-state index in [0.29, 0.717) is 11.4 Å². The molecule has 4 rings (SSSR count). The van der Waals surface area contributed by atoms with Gasteiger partial charge in [-0.3, -0.25) is 4.79 Å². The molecule has 126 valence electrons. The highest BCUT2D eigenvalue weighted by Gasteiger charge is 2.30. The number of fused-ring (bicyclic) bond motifs is 1. The zero-order valence-electron chi connectivity index (χ0n) is 14.1. The van der Waals surface area contributed by atoms with Gasteiger partial charge in [-0.25, -0.2) is 4.68 Å². The normalized spacial score (nSPS) is 16.4. The van der Waals surface area contributed by atoms with Gasteiger partial charge in [0.2, 0.25) is 5.91 Å². The van der Waals surface area contributed by atoms with Crippen molar-refractivity contribution in [3.8, 4) is 5.69 Å². The molecule has 5 heteroatoms. The number of nitrogens with one attached hydrogen (secondary N) is 1. The lowest BCUT2D eigenvalue weighted by Gasteiger charge is -2.24. The van der Waals surface area contributed by atoms with Crippen LogP contribution in [0.4, 0.5) is 5.82 Å². The number of aromatic nitrogens is 2. The molecule has 0 saturated carbocycles. The Morgan fingerprint density at radius 1 is 1.16 bits per heavy atom. The number of benzene rings is 2. The van der Waals surface area contributed by atoms with Crippen LogP contribution in [0, 0.1) is 13.8 Å². The molecule has 2 aromatic carbocycles. The van der Waals surface area contributed by atoms with Crippen LogP contribution in [-0.2, 0) is 4.79 Å². The zero-order valence-corrected chi connectivity index (χ0v) is 14.8. The topological polar surface area (TPSA) is 46.9 Å². The third kappa shape index (κ3) is 2.72. The molecule has 0 bridgehead atoms. The first-order valence-electron chi connectivity index (χ1n) is 8.24. The summed E-state index contributed by atoms with van der Waals surface area (Å²) in [4.78, 5) is 12.3. The fourth-order valence-corrected chi connectivity index (χ4v) is 3.49. The van der Waals surface area contributed by atoms with Gasteiger partial charge in [0, 0.05) is 22.9 Å². The summed E-state index contributed by atoms with van der Waals surface area (Å²) in [7, 11) is 0. The van der Waals surface area contributed by atoms with Crippen molar-refractivity contribution in [2.45, 2.75) is 26.2 Å². The number of carbonyl (C=O) groups excluding carboxylic acids is 1. The minimum absolute atomic E-state index is 0.000457. The van der Waals surface area contributed by atoms with Gasteiger partial charge in [0.15, 0.2) is 0 Å². The highest BCUT2D eigenvalue weighted by atomic mass is 35.5. The predicted molar refractivity (Wildman–Crippen MR) is 99.6 cm³/mol. The Balaban J connectivity index is 1.84. The van der Waals surface area contributed by atoms with Crippen LogP contribution in [0.3, 0.4) is 0 Å². The van der Waals surface area contributed by atoms with Gasteiger partial charge >= 0.3 is 0 Å². The Morgan fingerprint density at radius 3 is 2.68 bits per heavy atom. The first kappa shape index (κ1) is 15.9. The Hall–Kier alpha value is -2.59. The first-order valence-corrected chi connectivity index (χ1v) is 8.62. The van der Waals surface area contributed by atoms with Gasteiger partial charge in [-0.05, 0) is 37.1 Å². The van der Waals surface area contributed by atoms with Crippen molar-refractivity contribution >= 4 is 23.3 Å². The summed E-state index contributed by atoms with van der Waals surface area (Å²) < 4.78 is 1.77. The molecule has 4 nitrogen and oxygen atoms in total. The number of carbonyl (C=O) groups is 1. The van der Waals surface area contributed by atoms with Crippen molar-refractivity contribution in [3.63, 3.8) is 0 Å². The summed E-state index contributed by atoms with van der Waals surface area (Å²) in [5, 5.41) is 8.20. The molecule has 1 amide bonds. The van der Waals surface area contributed by atoms with E-state index >= 15 is 0 Å². The minimum atomic E-state index is -0.000457. The van der Waals surface area contributed by atoms with E-state index in [1.54, 1.807) is 4.68 Å². The van der Waals surface area contributed by atoms with Crippen molar-refractivity contribution in [1.82, 2.24) is 9.78 Å². The average molecular weight is 352 g/mol. The Labute approximate surface area is 151 Å². The lowest BCUT2D eigenvalue weighted by atomic mass is 9.87. The quantitative estimate of drug-likeness (QED) is 0.732. The molecule has 1 atom stereocenters. The Bertz CT molecular complexity index is 960. The minimum Gasteiger partial charge on any atom is -0.310 e. The predicted octanol–water partition coefficient (Wildman–Crippen LogP) is 4.62. The van der Waals surface area contributed by atoms with Crippen LogP contribution in [0.25, 0.3) is 5.69 Å². The van der Waals surface area contributed by atoms with Crippen LogP contribution < -0.4 is 5.32 Å². The standard InChI is InChI=1S/C20H18ClN3O/c1-12-6-8-14(9-7-12)15-10-19(25)23-20-16(15)11-22-24(20)18-5-3-4-17(21)13(18)2/h3-9,11,15H,10H2,1-2H3,(H,23,25)/t15-/m1/s1. The van der Waals surface area contributed by atoms with Gasteiger partial charge in [-0.15, -0.1) is 0 Å². The maximum atomic E-state index is 12.3. The van der Waals surface area contributed by atoms with E-state index in [1.165, 1.54) is 5.56 Å². The lowest BCUT2D eigenvalue weighted by molar-refractivity contribution is -0.116. The molecule has 1 aromatic heterocycles. The summed E-state index contributed by atoms with van der Waals surface area (Å²) in [6, 6.07) is 14.0. The summed E-state index contributed by atoms with van der Waals surface area (Å²) >= 11 is 6.25. The summed E-state index contributed by atoms with van der Waals surface area (Å²) in [5.74, 6) is 0.740. The van der Waals surface area contributed by atoms with Gasteiger partial charge in [0.1, 0.15) is 5.82 Å². The van der Waals surface area contributed by atoms with Crippen LogP contribution in [0.5, 0.6) is 0 Å². The molecule has 0 unspecified atom stereocenters. The maximum Gasteiger partial charge on any atom is 0.226 e. The molecule has 1 aliphatic rings. The highest BCUT2D eigenvalue weighted by Crippen LogP contribution is 2.38. The second-order valence-corrected chi connectivity index (χ2v) is 6.87. The van der Waals surface area contributed by atoms with Crippen LogP contribution in [0.1, 0.15) is 34.6 Å². The van der Waals surface area contributed by atoms with Gasteiger partial charge in [-0.1, -0.05) is 47.5 Å². The highest BCUT2D eigenvalue weighted by molar-refractivity contribution is 6.31. The number of nitrogens with zero attached hydrogens (tertiary/aromatic N) is 2. The molecular weight excluding hydrogens is 334 g/mol. The third-order valence-corrected chi connectivity index (χ3v) is 5.18. The van der Waals surface area contributed by atoms with Crippen molar-refractivity contribution in [3.05, 3.63) is 75.9 Å². The van der Waals surface area contributed by atoms with Crippen molar-refractivity contribution in [2.75, 3.05) is 5.32 Å². The van der Waals surface area contributed by atoms with E-state index in [2.05, 4.69) is 41.6 Å². The second-order valence-electron chi connectivity index (χ2n) is 6.46. The van der Waals surface area contributed by atoms with Gasteiger partial charge in [0.05, 0.1) is 11.9 Å². The Morgan fingerprint density at radius 2 is 1.92 bits per heavy atom. The number of anilines is 1. The van der Waals surface area contributed by atoms with Gasteiger partial charge in [-0.2, -0.15) is 5.10 Å². The fourth-order valence-electron chi connectivity index (χ4n) is 3.32. The van der Waals surface area contributed by atoms with Crippen LogP contribution in [0.15, 0.2) is 48.7 Å². The van der Waals surface area contributed by atoms with Crippen LogP contribution in [0.2, 0.25) is 5.02 Å². The van der Waals surface area contributed by atoms with E-state index in [4.69, 9.17) is 11.6 Å². The lowest BCUT2D eigenvalue weighted by Crippen LogP contribution is -2.24. The second kappa shape index (κ2) is 6.05. The number of rotatable bonds is 2. The van der Waals surface area contributed by atoms with E-state index < -0.39 is 0 Å². The molecular formula is C20H18ClN3O. The molecule has 2 heterocycles. The molecule has 0 fully saturated rings. The fraction of sp³-hybridized carbons (Fsp3) is 0.200. The molecule has 0 aliphatic carbocycles. The van der Waals surface area contributed by atoms with E-state index in [0.717, 1.165) is 28.2 Å². The largest absolute Gasteiger partial charge is 0.310 e. The van der Waals surface area contributed by atoms with Gasteiger partial charge in [0.25, 0.3) is 0 Å². The molecule has 1 N–H and O–H groups in total. The Kier molecular flexibility index (Phi) is 3.85. The smallest absolute Gasteiger partial charge is 0.226 e. The van der Waals surface area contributed by atoms with Gasteiger partial charge < -0.3 is 5.32 Å². The molecule has 0 saturated heterocycles. The molecule has 1 aliphatic heterocycles. The van der Waals surface area contributed by atoms with Crippen molar-refractivity contribution in [1.29, 1.82) is 0 Å². The third-order valence-electron chi connectivity index (χ3n) is 4.77. The SMILES string of the molecule is Cc1ccc([C@H]2CC(=O)Nc3c2cnn3-c2cccc(Cl)c2C)cc1. The first-order chi connectivity index (χ1) is 12.0. The zero-order chi connectivity index (χ0) is 17.6. The molecule has 0 spiro atoms.